The van der Waals surface area contributed by atoms with Crippen LogP contribution in [0.25, 0.3) is 27.7 Å². The van der Waals surface area contributed by atoms with Gasteiger partial charge in [0.05, 0.1) is 23.7 Å². The Hall–Kier alpha value is -3.91. The third-order valence-corrected chi connectivity index (χ3v) is 6.99. The number of H-pyrrole nitrogens is 1. The van der Waals surface area contributed by atoms with Crippen molar-refractivity contribution >= 4 is 39.8 Å². The molecule has 6 aromatic rings. The number of hydrogen-bond donors (Lipinski definition) is 2. The molecule has 0 aliphatic carbocycles. The summed E-state index contributed by atoms with van der Waals surface area (Å²) in [6.07, 6.45) is 3.28. The second-order valence-electron chi connectivity index (χ2n) is 8.63. The summed E-state index contributed by atoms with van der Waals surface area (Å²) >= 11 is 12.5. The number of aryl methyl sites for hydroxylation is 1. The van der Waals surface area contributed by atoms with E-state index in [2.05, 4.69) is 15.2 Å². The second kappa shape index (κ2) is 8.34. The zero-order valence-corrected chi connectivity index (χ0v) is 20.5. The molecule has 1 unspecified atom stereocenters. The number of pyridine rings is 1. The Bertz CT molecular complexity index is 1820. The zero-order valence-electron chi connectivity index (χ0n) is 19.0. The van der Waals surface area contributed by atoms with Crippen LogP contribution in [0.4, 0.5) is 0 Å². The van der Waals surface area contributed by atoms with E-state index in [-0.39, 0.29) is 5.69 Å². The molecule has 1 atom stereocenters. The maximum absolute atomic E-state index is 12.6. The zero-order chi connectivity index (χ0) is 25.0. The lowest BCUT2D eigenvalue weighted by atomic mass is 9.82. The minimum Gasteiger partial charge on any atom is -0.374 e. The van der Waals surface area contributed by atoms with Gasteiger partial charge in [0.25, 0.3) is 0 Å². The van der Waals surface area contributed by atoms with Gasteiger partial charge in [-0.15, -0.1) is 0 Å². The van der Waals surface area contributed by atoms with Crippen molar-refractivity contribution in [2.45, 2.75) is 5.60 Å². The quantitative estimate of drug-likeness (QED) is 0.339. The number of aliphatic hydroxyl groups is 1. The van der Waals surface area contributed by atoms with Gasteiger partial charge in [0.1, 0.15) is 0 Å². The number of hydrogen-bond acceptors (Lipinski definition) is 4. The molecular formula is C27H19Cl2N5O2. The van der Waals surface area contributed by atoms with E-state index in [1.54, 1.807) is 47.4 Å². The van der Waals surface area contributed by atoms with Gasteiger partial charge in [0.2, 0.25) is 0 Å². The minimum absolute atomic E-state index is 0.347. The topological polar surface area (TPSA) is 88.2 Å². The lowest BCUT2D eigenvalue weighted by Gasteiger charge is -2.30. The van der Waals surface area contributed by atoms with Gasteiger partial charge in [-0.25, -0.2) is 19.3 Å². The summed E-state index contributed by atoms with van der Waals surface area (Å²) in [6.45, 7) is 0. The average Bonchev–Trinajstić information content (AvgIpc) is 3.48. The van der Waals surface area contributed by atoms with Gasteiger partial charge in [0.15, 0.2) is 11.2 Å². The van der Waals surface area contributed by atoms with Gasteiger partial charge in [-0.2, -0.15) is 5.10 Å². The van der Waals surface area contributed by atoms with Gasteiger partial charge in [-0.05, 0) is 64.7 Å². The number of aromatic amines is 1. The van der Waals surface area contributed by atoms with Crippen LogP contribution in [0.2, 0.25) is 10.0 Å². The van der Waals surface area contributed by atoms with Crippen LogP contribution >= 0.6 is 23.2 Å². The Morgan fingerprint density at radius 1 is 0.944 bits per heavy atom. The molecule has 178 valence electrons. The van der Waals surface area contributed by atoms with Crippen LogP contribution in [0.5, 0.6) is 0 Å². The molecule has 3 aromatic heterocycles. The molecule has 0 amide bonds. The van der Waals surface area contributed by atoms with Gasteiger partial charge in [-0.1, -0.05) is 53.5 Å². The molecule has 36 heavy (non-hydrogen) atoms. The first-order valence-electron chi connectivity index (χ1n) is 11.1. The van der Waals surface area contributed by atoms with Crippen LogP contribution in [-0.2, 0) is 12.6 Å². The molecule has 0 fully saturated rings. The van der Waals surface area contributed by atoms with Crippen molar-refractivity contribution in [3.05, 3.63) is 123 Å². The van der Waals surface area contributed by atoms with Gasteiger partial charge in [-0.3, -0.25) is 0 Å². The van der Waals surface area contributed by atoms with Crippen molar-refractivity contribution < 1.29 is 5.11 Å². The number of halogens is 2. The third-order valence-electron chi connectivity index (χ3n) is 6.50. The highest BCUT2D eigenvalue weighted by molar-refractivity contribution is 6.31. The summed E-state index contributed by atoms with van der Waals surface area (Å²) in [5.41, 5.74) is 2.72. The van der Waals surface area contributed by atoms with Crippen molar-refractivity contribution in [3.8, 4) is 11.1 Å². The molecule has 0 spiro atoms. The van der Waals surface area contributed by atoms with Crippen molar-refractivity contribution in [1.29, 1.82) is 0 Å². The van der Waals surface area contributed by atoms with Crippen LogP contribution in [0.1, 0.15) is 16.8 Å². The van der Waals surface area contributed by atoms with Crippen LogP contribution < -0.4 is 5.69 Å². The second-order valence-corrected chi connectivity index (χ2v) is 9.50. The molecule has 0 aliphatic rings. The monoisotopic (exact) mass is 515 g/mol. The lowest BCUT2D eigenvalue weighted by molar-refractivity contribution is 0.117. The van der Waals surface area contributed by atoms with Crippen molar-refractivity contribution in [2.75, 3.05) is 0 Å². The summed E-state index contributed by atoms with van der Waals surface area (Å²) in [5, 5.41) is 21.0. The van der Waals surface area contributed by atoms with Gasteiger partial charge >= 0.3 is 5.69 Å². The molecule has 3 heterocycles. The normalized spacial score (nSPS) is 13.3. The van der Waals surface area contributed by atoms with Crippen LogP contribution in [0, 0.1) is 0 Å². The van der Waals surface area contributed by atoms with Crippen LogP contribution in [0.3, 0.4) is 0 Å². The summed E-state index contributed by atoms with van der Waals surface area (Å²) in [7, 11) is 1.83. The summed E-state index contributed by atoms with van der Waals surface area (Å²) in [4.78, 5) is 16.9. The standard InChI is InChI=1S/C27H19Cl2N5O2/c1-33-15-30-14-24(33)27(36,17-5-8-19(28)9-6-17)18-7-10-23-22(12-18)21(16-3-2-4-20(29)11-16)13-25-31-32-26(35)34(23)25/h2-15,36H,1H3,(H,32,35). The molecule has 0 saturated carbocycles. The fourth-order valence-electron chi connectivity index (χ4n) is 4.77. The summed E-state index contributed by atoms with van der Waals surface area (Å²) in [6, 6.07) is 21.9. The van der Waals surface area contributed by atoms with E-state index in [0.29, 0.717) is 38.0 Å². The van der Waals surface area contributed by atoms with E-state index in [0.717, 1.165) is 16.5 Å². The van der Waals surface area contributed by atoms with E-state index in [9.17, 15) is 9.90 Å². The van der Waals surface area contributed by atoms with E-state index in [1.165, 1.54) is 4.40 Å². The number of aromatic nitrogens is 5. The highest BCUT2D eigenvalue weighted by Gasteiger charge is 2.37. The number of imidazole rings is 1. The molecule has 2 N–H and O–H groups in total. The molecule has 7 nitrogen and oxygen atoms in total. The molecule has 0 bridgehead atoms. The number of rotatable bonds is 4. The molecular weight excluding hydrogens is 497 g/mol. The third kappa shape index (κ3) is 3.44. The molecule has 0 saturated heterocycles. The van der Waals surface area contributed by atoms with Gasteiger partial charge < -0.3 is 9.67 Å². The lowest BCUT2D eigenvalue weighted by Crippen LogP contribution is -2.31. The Balaban J connectivity index is 1.71. The SMILES string of the molecule is Cn1cncc1C(O)(c1ccc(Cl)cc1)c1ccc2c(c1)c(-c1cccc(Cl)c1)cc1n[nH]c(=O)n12. The van der Waals surface area contributed by atoms with E-state index in [4.69, 9.17) is 23.2 Å². The number of benzene rings is 3. The fourth-order valence-corrected chi connectivity index (χ4v) is 5.09. The summed E-state index contributed by atoms with van der Waals surface area (Å²) < 4.78 is 3.29. The first kappa shape index (κ1) is 22.5. The average molecular weight is 516 g/mol. The summed E-state index contributed by atoms with van der Waals surface area (Å²) in [5.74, 6) is 0. The highest BCUT2D eigenvalue weighted by atomic mass is 35.5. The highest BCUT2D eigenvalue weighted by Crippen LogP contribution is 2.40. The number of fused-ring (bicyclic) bond motifs is 3. The van der Waals surface area contributed by atoms with E-state index in [1.807, 2.05) is 49.5 Å². The van der Waals surface area contributed by atoms with E-state index < -0.39 is 5.60 Å². The molecule has 0 radical (unpaired) electrons. The molecule has 6 rings (SSSR count). The number of nitrogens with zero attached hydrogens (tertiary/aromatic N) is 4. The van der Waals surface area contributed by atoms with Crippen molar-refractivity contribution in [2.24, 2.45) is 7.05 Å². The Morgan fingerprint density at radius 2 is 1.72 bits per heavy atom. The van der Waals surface area contributed by atoms with Crippen molar-refractivity contribution in [1.82, 2.24) is 24.1 Å². The van der Waals surface area contributed by atoms with Crippen LogP contribution in [-0.4, -0.2) is 29.3 Å². The maximum Gasteiger partial charge on any atom is 0.348 e. The smallest absolute Gasteiger partial charge is 0.348 e. The first-order valence-corrected chi connectivity index (χ1v) is 11.9. The van der Waals surface area contributed by atoms with Crippen LogP contribution in [0.15, 0.2) is 90.1 Å². The van der Waals surface area contributed by atoms with E-state index >= 15 is 0 Å². The minimum atomic E-state index is -1.55. The molecule has 0 aliphatic heterocycles. The molecule has 3 aromatic carbocycles. The van der Waals surface area contributed by atoms with Gasteiger partial charge in [0, 0.05) is 22.5 Å². The number of nitrogens with one attached hydrogen (secondary N) is 1. The fraction of sp³-hybridized carbons (Fsp3) is 0.0741. The predicted molar refractivity (Wildman–Crippen MR) is 141 cm³/mol. The largest absolute Gasteiger partial charge is 0.374 e. The van der Waals surface area contributed by atoms with Crippen molar-refractivity contribution in [3.63, 3.8) is 0 Å². The Labute approximate surface area is 215 Å². The maximum atomic E-state index is 12.6. The Kier molecular flexibility index (Phi) is 5.22. The molecule has 9 heteroatoms. The Morgan fingerprint density at radius 3 is 2.44 bits per heavy atom. The predicted octanol–water partition coefficient (Wildman–Crippen LogP) is 5.17. The first-order chi connectivity index (χ1) is 17.4.